The average molecular weight is 259 g/mol. The molecule has 1 atom stereocenters. The zero-order valence-electron chi connectivity index (χ0n) is 11.7. The zero-order chi connectivity index (χ0) is 12.7. The Morgan fingerprint density at radius 1 is 1.29 bits per heavy atom. The van der Waals surface area contributed by atoms with Crippen molar-refractivity contribution >= 4 is 11.8 Å². The molecule has 1 aliphatic rings. The van der Waals surface area contributed by atoms with Crippen molar-refractivity contribution in [2.24, 2.45) is 5.92 Å². The summed E-state index contributed by atoms with van der Waals surface area (Å²) < 4.78 is 0. The molecule has 0 aromatic carbocycles. The fraction of sp³-hybridized carbons (Fsp3) is 1.00. The van der Waals surface area contributed by atoms with Crippen molar-refractivity contribution in [1.29, 1.82) is 0 Å². The topological polar surface area (TPSA) is 32.3 Å². The highest BCUT2D eigenvalue weighted by molar-refractivity contribution is 7.98. The molecule has 0 amide bonds. The van der Waals surface area contributed by atoms with E-state index in [1.807, 2.05) is 13.2 Å². The highest BCUT2D eigenvalue weighted by Crippen LogP contribution is 2.27. The molecule has 0 aromatic heterocycles. The Morgan fingerprint density at radius 2 is 1.94 bits per heavy atom. The van der Waals surface area contributed by atoms with Crippen molar-refractivity contribution in [2.75, 3.05) is 18.6 Å². The summed E-state index contributed by atoms with van der Waals surface area (Å²) in [4.78, 5) is 0. The molecule has 0 saturated heterocycles. The minimum Gasteiger partial charge on any atom is -0.388 e. The van der Waals surface area contributed by atoms with Crippen LogP contribution in [-0.2, 0) is 0 Å². The van der Waals surface area contributed by atoms with Crippen LogP contribution in [0, 0.1) is 5.92 Å². The van der Waals surface area contributed by atoms with E-state index in [2.05, 4.69) is 12.2 Å². The lowest BCUT2D eigenvalue weighted by atomic mass is 9.83. The van der Waals surface area contributed by atoms with E-state index in [1.165, 1.54) is 38.5 Å². The van der Waals surface area contributed by atoms with Crippen molar-refractivity contribution in [1.82, 2.24) is 5.32 Å². The van der Waals surface area contributed by atoms with Crippen LogP contribution in [0.25, 0.3) is 0 Å². The summed E-state index contributed by atoms with van der Waals surface area (Å²) >= 11 is 1.71. The van der Waals surface area contributed by atoms with Crippen molar-refractivity contribution in [3.05, 3.63) is 0 Å². The van der Waals surface area contributed by atoms with Gasteiger partial charge >= 0.3 is 0 Å². The number of hydrogen-bond donors (Lipinski definition) is 2. The molecule has 0 spiro atoms. The van der Waals surface area contributed by atoms with E-state index in [9.17, 15) is 5.11 Å². The summed E-state index contributed by atoms with van der Waals surface area (Å²) in [5.41, 5.74) is -0.556. The molecule has 0 aliphatic heterocycles. The minimum absolute atomic E-state index is 0.556. The van der Waals surface area contributed by atoms with E-state index in [0.717, 1.165) is 18.2 Å². The summed E-state index contributed by atoms with van der Waals surface area (Å²) in [6.07, 6.45) is 10.1. The maximum atomic E-state index is 10.1. The van der Waals surface area contributed by atoms with Gasteiger partial charge in [0.25, 0.3) is 0 Å². The lowest BCUT2D eigenvalue weighted by Crippen LogP contribution is -2.45. The Kier molecular flexibility index (Phi) is 6.90. The van der Waals surface area contributed by atoms with Crippen LogP contribution in [0.2, 0.25) is 0 Å². The average Bonchev–Trinajstić information content (AvgIpc) is 2.29. The van der Waals surface area contributed by atoms with Crippen molar-refractivity contribution < 1.29 is 5.11 Å². The van der Waals surface area contributed by atoms with E-state index >= 15 is 0 Å². The third-order valence-corrected chi connectivity index (χ3v) is 4.68. The van der Waals surface area contributed by atoms with E-state index in [4.69, 9.17) is 0 Å². The second kappa shape index (κ2) is 7.65. The molecular formula is C14H29NOS. The molecule has 0 radical (unpaired) electrons. The minimum atomic E-state index is -0.556. The van der Waals surface area contributed by atoms with Crippen LogP contribution in [0.15, 0.2) is 0 Å². The zero-order valence-corrected chi connectivity index (χ0v) is 12.5. The fourth-order valence-corrected chi connectivity index (χ4v) is 3.51. The maximum absolute atomic E-state index is 10.1. The second-order valence-corrected chi connectivity index (χ2v) is 6.68. The molecule has 0 aromatic rings. The SMILES string of the molecule is CCCC1CCC(NCC(C)(O)CSC)CC1. The molecule has 1 unspecified atom stereocenters. The molecule has 1 aliphatic carbocycles. The van der Waals surface area contributed by atoms with Crippen LogP contribution in [-0.4, -0.2) is 35.3 Å². The van der Waals surface area contributed by atoms with Crippen molar-refractivity contribution in [3.63, 3.8) is 0 Å². The molecule has 102 valence electrons. The van der Waals surface area contributed by atoms with Gasteiger partial charge in [-0.25, -0.2) is 0 Å². The first-order chi connectivity index (χ1) is 8.07. The van der Waals surface area contributed by atoms with Crippen LogP contribution >= 0.6 is 11.8 Å². The number of nitrogens with one attached hydrogen (secondary N) is 1. The predicted molar refractivity (Wildman–Crippen MR) is 77.7 cm³/mol. The molecule has 1 fully saturated rings. The van der Waals surface area contributed by atoms with E-state index in [-0.39, 0.29) is 0 Å². The highest BCUT2D eigenvalue weighted by Gasteiger charge is 2.24. The third-order valence-electron chi connectivity index (χ3n) is 3.77. The predicted octanol–water partition coefficient (Wildman–Crippen LogP) is 3.05. The van der Waals surface area contributed by atoms with Gasteiger partial charge in [0.05, 0.1) is 5.60 Å². The Balaban J connectivity index is 2.17. The molecule has 3 heteroatoms. The quantitative estimate of drug-likeness (QED) is 0.737. The fourth-order valence-electron chi connectivity index (χ4n) is 2.79. The third kappa shape index (κ3) is 6.12. The van der Waals surface area contributed by atoms with Gasteiger partial charge in [-0.15, -0.1) is 0 Å². The molecule has 1 saturated carbocycles. The largest absolute Gasteiger partial charge is 0.388 e. The van der Waals surface area contributed by atoms with Crippen molar-refractivity contribution in [2.45, 2.75) is 64.0 Å². The van der Waals surface area contributed by atoms with E-state index in [1.54, 1.807) is 11.8 Å². The van der Waals surface area contributed by atoms with Gasteiger partial charge in [-0.3, -0.25) is 0 Å². The molecule has 0 bridgehead atoms. The first-order valence-corrected chi connectivity index (χ1v) is 8.41. The Bertz CT molecular complexity index is 200. The summed E-state index contributed by atoms with van der Waals surface area (Å²) in [6, 6.07) is 0.636. The van der Waals surface area contributed by atoms with Crippen LogP contribution in [0.1, 0.15) is 52.4 Å². The van der Waals surface area contributed by atoms with Gasteiger partial charge in [0, 0.05) is 18.3 Å². The van der Waals surface area contributed by atoms with Crippen LogP contribution in [0.3, 0.4) is 0 Å². The molecule has 0 heterocycles. The lowest BCUT2D eigenvalue weighted by Gasteiger charge is -2.32. The van der Waals surface area contributed by atoms with Gasteiger partial charge in [-0.2, -0.15) is 11.8 Å². The summed E-state index contributed by atoms with van der Waals surface area (Å²) in [7, 11) is 0. The molecule has 2 N–H and O–H groups in total. The van der Waals surface area contributed by atoms with Gasteiger partial charge < -0.3 is 10.4 Å². The maximum Gasteiger partial charge on any atom is 0.0833 e. The summed E-state index contributed by atoms with van der Waals surface area (Å²) in [6.45, 7) is 4.94. The highest BCUT2D eigenvalue weighted by atomic mass is 32.2. The van der Waals surface area contributed by atoms with Crippen molar-refractivity contribution in [3.8, 4) is 0 Å². The second-order valence-electron chi connectivity index (χ2n) is 5.82. The standard InChI is InChI=1S/C14H29NOS/c1-4-5-12-6-8-13(9-7-12)15-10-14(2,16)11-17-3/h12-13,15-16H,4-11H2,1-3H3. The van der Waals surface area contributed by atoms with Gasteiger partial charge in [0.1, 0.15) is 0 Å². The molecular weight excluding hydrogens is 230 g/mol. The van der Waals surface area contributed by atoms with E-state index in [0.29, 0.717) is 6.04 Å². The lowest BCUT2D eigenvalue weighted by molar-refractivity contribution is 0.0783. The molecule has 17 heavy (non-hydrogen) atoms. The number of hydrogen-bond acceptors (Lipinski definition) is 3. The summed E-state index contributed by atoms with van der Waals surface area (Å²) in [5.74, 6) is 1.77. The number of rotatable bonds is 7. The molecule has 1 rings (SSSR count). The van der Waals surface area contributed by atoms with Gasteiger partial charge in [-0.1, -0.05) is 19.8 Å². The smallest absolute Gasteiger partial charge is 0.0833 e. The monoisotopic (exact) mass is 259 g/mol. The van der Waals surface area contributed by atoms with Gasteiger partial charge in [0.15, 0.2) is 0 Å². The Morgan fingerprint density at radius 3 is 2.47 bits per heavy atom. The van der Waals surface area contributed by atoms with Gasteiger partial charge in [0.2, 0.25) is 0 Å². The first kappa shape index (κ1) is 15.3. The van der Waals surface area contributed by atoms with Crippen LogP contribution in [0.4, 0.5) is 0 Å². The van der Waals surface area contributed by atoms with Crippen LogP contribution in [0.5, 0.6) is 0 Å². The molecule has 2 nitrogen and oxygen atoms in total. The number of thioether (sulfide) groups is 1. The normalized spacial score (nSPS) is 28.9. The van der Waals surface area contributed by atoms with E-state index < -0.39 is 5.60 Å². The summed E-state index contributed by atoms with van der Waals surface area (Å²) in [5, 5.41) is 13.6. The Labute approximate surface area is 111 Å². The van der Waals surface area contributed by atoms with Crippen LogP contribution < -0.4 is 5.32 Å². The Hall–Kier alpha value is 0.270. The number of aliphatic hydroxyl groups is 1. The first-order valence-electron chi connectivity index (χ1n) is 7.02. The van der Waals surface area contributed by atoms with Gasteiger partial charge in [-0.05, 0) is 44.8 Å².